The van der Waals surface area contributed by atoms with E-state index in [-0.39, 0.29) is 18.0 Å². The molecule has 0 radical (unpaired) electrons. The van der Waals surface area contributed by atoms with Crippen molar-refractivity contribution in [3.8, 4) is 5.75 Å². The second kappa shape index (κ2) is 8.28. The average molecular weight is 442 g/mol. The molecule has 3 amide bonds. The lowest BCUT2D eigenvalue weighted by molar-refractivity contribution is 0.0379. The Morgan fingerprint density at radius 3 is 2.58 bits per heavy atom. The van der Waals surface area contributed by atoms with E-state index in [9.17, 15) is 9.59 Å². The van der Waals surface area contributed by atoms with E-state index in [2.05, 4.69) is 41.8 Å². The molecule has 2 aliphatic rings. The minimum Gasteiger partial charge on any atom is -0.467 e. The summed E-state index contributed by atoms with van der Waals surface area (Å²) in [6.07, 6.45) is 1.41. The number of aryl methyl sites for hydroxylation is 1. The van der Waals surface area contributed by atoms with Gasteiger partial charge in [0.25, 0.3) is 5.91 Å². The first kappa shape index (κ1) is 21.1. The third kappa shape index (κ3) is 4.04. The van der Waals surface area contributed by atoms with Gasteiger partial charge in [-0.05, 0) is 56.2 Å². The number of para-hydroxylation sites is 1. The Bertz CT molecular complexity index is 1190. The van der Waals surface area contributed by atoms with Gasteiger partial charge in [0.1, 0.15) is 5.75 Å². The van der Waals surface area contributed by atoms with Crippen LogP contribution in [0.2, 0.25) is 0 Å². The molecule has 6 nitrogen and oxygen atoms in total. The summed E-state index contributed by atoms with van der Waals surface area (Å²) in [7, 11) is 0. The van der Waals surface area contributed by atoms with Crippen LogP contribution in [0.3, 0.4) is 0 Å². The minimum absolute atomic E-state index is 0.0812. The van der Waals surface area contributed by atoms with Crippen LogP contribution in [0.25, 0.3) is 0 Å². The molecule has 33 heavy (non-hydrogen) atoms. The number of fused-ring (bicyclic) bond motifs is 4. The fraction of sp³-hybridized carbons (Fsp3) is 0.259. The summed E-state index contributed by atoms with van der Waals surface area (Å²) < 4.78 is 6.29. The zero-order valence-electron chi connectivity index (χ0n) is 18.8. The van der Waals surface area contributed by atoms with Crippen molar-refractivity contribution in [2.24, 2.45) is 0 Å². The third-order valence-corrected chi connectivity index (χ3v) is 6.39. The maximum Gasteiger partial charge on any atom is 0.325 e. The largest absolute Gasteiger partial charge is 0.467 e. The Kier molecular flexibility index (Phi) is 5.29. The van der Waals surface area contributed by atoms with Crippen LogP contribution in [0, 0.1) is 6.92 Å². The molecule has 2 atom stereocenters. The van der Waals surface area contributed by atoms with Gasteiger partial charge in [0.05, 0.1) is 6.04 Å². The zero-order valence-corrected chi connectivity index (χ0v) is 18.8. The normalized spacial score (nSPS) is 21.0. The van der Waals surface area contributed by atoms with E-state index in [0.29, 0.717) is 24.2 Å². The number of carbonyl (C=O) groups is 2. The molecule has 168 valence electrons. The number of nitrogens with zero attached hydrogens (tertiary/aromatic N) is 1. The van der Waals surface area contributed by atoms with Crippen LogP contribution in [0.1, 0.15) is 46.4 Å². The van der Waals surface area contributed by atoms with Crippen LogP contribution >= 0.6 is 0 Å². The lowest BCUT2D eigenvalue weighted by Crippen LogP contribution is -2.65. The summed E-state index contributed by atoms with van der Waals surface area (Å²) in [5.41, 5.74) is 3.84. The van der Waals surface area contributed by atoms with Gasteiger partial charge in [0.2, 0.25) is 0 Å². The summed E-state index contributed by atoms with van der Waals surface area (Å²) in [5.74, 6) is 0.650. The fourth-order valence-corrected chi connectivity index (χ4v) is 4.65. The summed E-state index contributed by atoms with van der Waals surface area (Å²) >= 11 is 0. The summed E-state index contributed by atoms with van der Waals surface area (Å²) in [5, 5.41) is 6.06. The number of ether oxygens (including phenoxy) is 1. The number of nitrogens with one attached hydrogen (secondary N) is 2. The van der Waals surface area contributed by atoms with Crippen LogP contribution in [0.4, 0.5) is 10.5 Å². The monoisotopic (exact) mass is 441 g/mol. The number of urea groups is 1. The van der Waals surface area contributed by atoms with E-state index < -0.39 is 5.72 Å². The van der Waals surface area contributed by atoms with Crippen LogP contribution < -0.4 is 20.3 Å². The molecule has 3 aromatic carbocycles. The molecule has 2 bridgehead atoms. The number of hydrogen-bond donors (Lipinski definition) is 2. The van der Waals surface area contributed by atoms with E-state index in [1.807, 2.05) is 31.2 Å². The highest BCUT2D eigenvalue weighted by molar-refractivity contribution is 5.97. The van der Waals surface area contributed by atoms with Crippen LogP contribution in [0.15, 0.2) is 72.8 Å². The number of anilines is 1. The van der Waals surface area contributed by atoms with Gasteiger partial charge in [-0.2, -0.15) is 0 Å². The predicted octanol–water partition coefficient (Wildman–Crippen LogP) is 4.74. The van der Waals surface area contributed by atoms with Crippen LogP contribution in [0.5, 0.6) is 5.75 Å². The van der Waals surface area contributed by atoms with Crippen molar-refractivity contribution in [2.45, 2.75) is 38.5 Å². The quantitative estimate of drug-likeness (QED) is 0.601. The first-order valence-electron chi connectivity index (χ1n) is 11.3. The van der Waals surface area contributed by atoms with E-state index >= 15 is 0 Å². The van der Waals surface area contributed by atoms with Gasteiger partial charge in [-0.1, -0.05) is 48.0 Å². The first-order chi connectivity index (χ1) is 15.9. The Labute approximate surface area is 193 Å². The van der Waals surface area contributed by atoms with Crippen molar-refractivity contribution in [3.05, 3.63) is 95.1 Å². The molecule has 0 saturated carbocycles. The van der Waals surface area contributed by atoms with E-state index in [0.717, 1.165) is 17.7 Å². The van der Waals surface area contributed by atoms with E-state index in [1.165, 1.54) is 11.1 Å². The number of rotatable bonds is 5. The lowest BCUT2D eigenvalue weighted by atomic mass is 9.90. The average Bonchev–Trinajstić information content (AvgIpc) is 2.80. The van der Waals surface area contributed by atoms with Crippen LogP contribution in [-0.4, -0.2) is 24.2 Å². The highest BCUT2D eigenvalue weighted by Crippen LogP contribution is 2.45. The van der Waals surface area contributed by atoms with Gasteiger partial charge >= 0.3 is 6.03 Å². The van der Waals surface area contributed by atoms with Gasteiger partial charge in [-0.25, -0.2) is 4.79 Å². The zero-order chi connectivity index (χ0) is 23.0. The SMILES string of the molecule is Cc1ccc(CCNC(=O)c2ccc(N3C(=O)NC4CC3(C)Oc3ccccc34)cc2)cc1. The molecular weight excluding hydrogens is 414 g/mol. The topological polar surface area (TPSA) is 70.7 Å². The third-order valence-electron chi connectivity index (χ3n) is 6.39. The number of carbonyl (C=O) groups excluding carboxylic acids is 2. The fourth-order valence-electron chi connectivity index (χ4n) is 4.65. The molecule has 2 aliphatic heterocycles. The summed E-state index contributed by atoms with van der Waals surface area (Å²) in [6, 6.07) is 22.9. The first-order valence-corrected chi connectivity index (χ1v) is 11.3. The van der Waals surface area contributed by atoms with Gasteiger partial charge < -0.3 is 15.4 Å². The van der Waals surface area contributed by atoms with E-state index in [1.54, 1.807) is 29.2 Å². The molecule has 6 heteroatoms. The standard InChI is InChI=1S/C27H27N3O3/c1-18-7-9-19(10-8-18)15-16-28-25(31)20-11-13-21(14-12-20)30-26(32)29-23-17-27(30,2)33-24-6-4-3-5-22(23)24/h3-14,23H,15-17H2,1-2H3,(H,28,31)(H,29,32). The van der Waals surface area contributed by atoms with E-state index in [4.69, 9.17) is 4.74 Å². The summed E-state index contributed by atoms with van der Waals surface area (Å²) in [4.78, 5) is 27.2. The molecule has 1 saturated heterocycles. The number of benzene rings is 3. The molecule has 3 aromatic rings. The van der Waals surface area contributed by atoms with Crippen molar-refractivity contribution < 1.29 is 14.3 Å². The Morgan fingerprint density at radius 1 is 1.09 bits per heavy atom. The van der Waals surface area contributed by atoms with Crippen molar-refractivity contribution in [1.82, 2.24) is 10.6 Å². The number of hydrogen-bond acceptors (Lipinski definition) is 3. The molecule has 2 N–H and O–H groups in total. The van der Waals surface area contributed by atoms with Gasteiger partial charge in [-0.3, -0.25) is 9.69 Å². The van der Waals surface area contributed by atoms with Crippen LogP contribution in [-0.2, 0) is 6.42 Å². The number of amides is 3. The second-order valence-electron chi connectivity index (χ2n) is 8.89. The lowest BCUT2D eigenvalue weighted by Gasteiger charge is -2.50. The molecule has 0 aromatic heterocycles. The van der Waals surface area contributed by atoms with Crippen molar-refractivity contribution in [2.75, 3.05) is 11.4 Å². The maximum absolute atomic E-state index is 13.0. The van der Waals surface area contributed by atoms with Crippen molar-refractivity contribution in [3.63, 3.8) is 0 Å². The van der Waals surface area contributed by atoms with Crippen molar-refractivity contribution in [1.29, 1.82) is 0 Å². The Morgan fingerprint density at radius 2 is 1.82 bits per heavy atom. The summed E-state index contributed by atoms with van der Waals surface area (Å²) in [6.45, 7) is 4.55. The predicted molar refractivity (Wildman–Crippen MR) is 128 cm³/mol. The molecular formula is C27H27N3O3. The highest BCUT2D eigenvalue weighted by Gasteiger charge is 2.49. The Balaban J connectivity index is 1.27. The molecule has 2 unspecified atom stereocenters. The minimum atomic E-state index is -0.806. The highest BCUT2D eigenvalue weighted by atomic mass is 16.5. The Hall–Kier alpha value is -3.80. The second-order valence-corrected chi connectivity index (χ2v) is 8.89. The van der Waals surface area contributed by atoms with Gasteiger partial charge in [-0.15, -0.1) is 0 Å². The molecule has 1 fully saturated rings. The maximum atomic E-state index is 13.0. The smallest absolute Gasteiger partial charge is 0.325 e. The molecule has 0 aliphatic carbocycles. The van der Waals surface area contributed by atoms with Gasteiger partial charge in [0, 0.05) is 29.8 Å². The van der Waals surface area contributed by atoms with Crippen molar-refractivity contribution >= 4 is 17.6 Å². The molecule has 5 rings (SSSR count). The molecule has 2 heterocycles. The molecule has 0 spiro atoms. The van der Waals surface area contributed by atoms with Gasteiger partial charge in [0.15, 0.2) is 5.72 Å².